The van der Waals surface area contributed by atoms with Gasteiger partial charge in [0.05, 0.1) is 23.3 Å². The molecule has 0 unspecified atom stereocenters. The third-order valence-electron chi connectivity index (χ3n) is 5.75. The van der Waals surface area contributed by atoms with E-state index in [1.165, 1.54) is 0 Å². The van der Waals surface area contributed by atoms with E-state index in [1.807, 2.05) is 62.4 Å². The number of esters is 1. The summed E-state index contributed by atoms with van der Waals surface area (Å²) in [6, 6.07) is 20.6. The van der Waals surface area contributed by atoms with Gasteiger partial charge in [-0.25, -0.2) is 4.98 Å². The van der Waals surface area contributed by atoms with Crippen molar-refractivity contribution in [2.75, 3.05) is 17.7 Å². The van der Waals surface area contributed by atoms with Gasteiger partial charge >= 0.3 is 5.97 Å². The maximum atomic E-state index is 13.5. The fraction of sp³-hybridized carbons (Fsp3) is 0.241. The zero-order chi connectivity index (χ0) is 26.4. The van der Waals surface area contributed by atoms with Crippen molar-refractivity contribution >= 4 is 40.2 Å². The molecule has 190 valence electrons. The van der Waals surface area contributed by atoms with Crippen molar-refractivity contribution in [3.8, 4) is 0 Å². The van der Waals surface area contributed by atoms with Crippen molar-refractivity contribution in [3.05, 3.63) is 99.3 Å². The second kappa shape index (κ2) is 11.9. The van der Waals surface area contributed by atoms with Crippen LogP contribution in [0.4, 0.5) is 5.69 Å². The Kier molecular flexibility index (Phi) is 8.40. The summed E-state index contributed by atoms with van der Waals surface area (Å²) in [6.45, 7) is 6.38. The van der Waals surface area contributed by atoms with E-state index in [4.69, 9.17) is 9.72 Å². The van der Waals surface area contributed by atoms with Gasteiger partial charge in [-0.05, 0) is 74.2 Å². The molecular weight excluding hydrogens is 486 g/mol. The molecule has 1 aromatic heterocycles. The lowest BCUT2D eigenvalue weighted by Crippen LogP contribution is -2.25. The average molecular weight is 516 g/mol. The molecule has 1 N–H and O–H groups in total. The molecule has 1 amide bonds. The molecule has 0 saturated heterocycles. The van der Waals surface area contributed by atoms with Crippen LogP contribution in [0.2, 0.25) is 0 Å². The number of aromatic nitrogens is 2. The van der Waals surface area contributed by atoms with Crippen molar-refractivity contribution < 1.29 is 14.3 Å². The largest absolute Gasteiger partial charge is 0.465 e. The number of nitrogens with zero attached hydrogens (tertiary/aromatic N) is 2. The minimum atomic E-state index is -0.377. The smallest absolute Gasteiger partial charge is 0.316 e. The van der Waals surface area contributed by atoms with E-state index < -0.39 is 0 Å². The maximum Gasteiger partial charge on any atom is 0.316 e. The molecule has 0 bridgehead atoms. The van der Waals surface area contributed by atoms with Crippen molar-refractivity contribution in [1.82, 2.24) is 9.55 Å². The number of hydrogen-bond acceptors (Lipinski definition) is 6. The van der Waals surface area contributed by atoms with Gasteiger partial charge in [0.15, 0.2) is 5.16 Å². The summed E-state index contributed by atoms with van der Waals surface area (Å²) < 4.78 is 6.64. The number of fused-ring (bicyclic) bond motifs is 1. The Labute approximate surface area is 219 Å². The number of nitrogens with one attached hydrogen (secondary N) is 1. The molecule has 7 nitrogen and oxygen atoms in total. The van der Waals surface area contributed by atoms with Gasteiger partial charge in [0.1, 0.15) is 0 Å². The number of rotatable bonds is 9. The molecule has 4 rings (SSSR count). The number of carbonyl (C=O) groups is 2. The highest BCUT2D eigenvalue weighted by Crippen LogP contribution is 2.21. The molecule has 0 radical (unpaired) electrons. The second-order valence-electron chi connectivity index (χ2n) is 8.74. The van der Waals surface area contributed by atoms with Crippen LogP contribution in [0.5, 0.6) is 0 Å². The monoisotopic (exact) mass is 515 g/mol. The van der Waals surface area contributed by atoms with Gasteiger partial charge in [-0.2, -0.15) is 0 Å². The minimum Gasteiger partial charge on any atom is -0.465 e. The number of benzene rings is 3. The van der Waals surface area contributed by atoms with Gasteiger partial charge in [-0.1, -0.05) is 48.2 Å². The number of ether oxygens (including phenoxy) is 1. The van der Waals surface area contributed by atoms with Gasteiger partial charge in [0.25, 0.3) is 11.5 Å². The van der Waals surface area contributed by atoms with E-state index in [9.17, 15) is 14.4 Å². The molecule has 0 saturated carbocycles. The first-order chi connectivity index (χ1) is 17.8. The molecule has 3 aromatic carbocycles. The van der Waals surface area contributed by atoms with Gasteiger partial charge in [0, 0.05) is 17.8 Å². The van der Waals surface area contributed by atoms with Crippen LogP contribution in [0.25, 0.3) is 10.9 Å². The fourth-order valence-corrected chi connectivity index (χ4v) is 4.93. The van der Waals surface area contributed by atoms with Crippen LogP contribution in [-0.4, -0.2) is 33.8 Å². The summed E-state index contributed by atoms with van der Waals surface area (Å²) in [4.78, 5) is 43.2. The number of anilines is 1. The highest BCUT2D eigenvalue weighted by molar-refractivity contribution is 7.99. The second-order valence-corrected chi connectivity index (χ2v) is 9.69. The summed E-state index contributed by atoms with van der Waals surface area (Å²) in [7, 11) is 0. The molecule has 0 atom stereocenters. The van der Waals surface area contributed by atoms with Gasteiger partial charge in [0.2, 0.25) is 0 Å². The fourth-order valence-electron chi connectivity index (χ4n) is 4.11. The molecule has 37 heavy (non-hydrogen) atoms. The van der Waals surface area contributed by atoms with Crippen LogP contribution >= 0.6 is 11.8 Å². The number of thioether (sulfide) groups is 1. The third kappa shape index (κ3) is 6.65. The summed E-state index contributed by atoms with van der Waals surface area (Å²) in [5.74, 6) is -0.634. The summed E-state index contributed by atoms with van der Waals surface area (Å²) >= 11 is 1.16. The molecule has 0 fully saturated rings. The van der Waals surface area contributed by atoms with Crippen molar-refractivity contribution in [2.24, 2.45) is 0 Å². The Morgan fingerprint density at radius 3 is 2.43 bits per heavy atom. The standard InChI is InChI=1S/C29H29N3O4S/c1-4-36-26(33)18-37-29-31-25-17-22(27(34)30-23-15-19(2)14-20(3)16-23)10-11-24(25)28(35)32(29)13-12-21-8-6-5-7-9-21/h5-11,14-17H,4,12-13,18H2,1-3H3,(H,30,34). The Morgan fingerprint density at radius 2 is 1.73 bits per heavy atom. The Hall–Kier alpha value is -3.91. The third-order valence-corrected chi connectivity index (χ3v) is 6.70. The van der Waals surface area contributed by atoms with Gasteiger partial charge < -0.3 is 10.1 Å². The molecule has 8 heteroatoms. The SMILES string of the molecule is CCOC(=O)CSc1nc2cc(C(=O)Nc3cc(C)cc(C)c3)ccc2c(=O)n1CCc1ccccc1. The highest BCUT2D eigenvalue weighted by atomic mass is 32.2. The molecule has 0 spiro atoms. The number of carbonyl (C=O) groups excluding carboxylic acids is 2. The lowest BCUT2D eigenvalue weighted by atomic mass is 10.1. The molecule has 0 aliphatic carbocycles. The number of aryl methyl sites for hydroxylation is 3. The quantitative estimate of drug-likeness (QED) is 0.188. The van der Waals surface area contributed by atoms with Crippen molar-refractivity contribution in [2.45, 2.75) is 38.9 Å². The first-order valence-electron chi connectivity index (χ1n) is 12.1. The van der Waals surface area contributed by atoms with Crippen LogP contribution in [0.3, 0.4) is 0 Å². The van der Waals surface area contributed by atoms with E-state index >= 15 is 0 Å². The lowest BCUT2D eigenvalue weighted by molar-refractivity contribution is -0.139. The van der Waals surface area contributed by atoms with Crippen LogP contribution in [-0.2, 0) is 22.5 Å². The zero-order valence-corrected chi connectivity index (χ0v) is 21.9. The Balaban J connectivity index is 1.67. The Bertz CT molecular complexity index is 1480. The van der Waals surface area contributed by atoms with E-state index in [1.54, 1.807) is 29.7 Å². The van der Waals surface area contributed by atoms with E-state index in [0.717, 1.165) is 28.5 Å². The molecule has 0 aliphatic heterocycles. The van der Waals surface area contributed by atoms with Crippen molar-refractivity contribution in [3.63, 3.8) is 0 Å². The normalized spacial score (nSPS) is 10.9. The predicted octanol–water partition coefficient (Wildman–Crippen LogP) is 5.16. The first kappa shape index (κ1) is 26.2. The zero-order valence-electron chi connectivity index (χ0n) is 21.1. The van der Waals surface area contributed by atoms with E-state index in [0.29, 0.717) is 40.3 Å². The highest BCUT2D eigenvalue weighted by Gasteiger charge is 2.16. The van der Waals surface area contributed by atoms with Crippen LogP contribution < -0.4 is 10.9 Å². The lowest BCUT2D eigenvalue weighted by Gasteiger charge is -2.14. The average Bonchev–Trinajstić information content (AvgIpc) is 2.87. The first-order valence-corrected chi connectivity index (χ1v) is 13.1. The van der Waals surface area contributed by atoms with E-state index in [-0.39, 0.29) is 29.8 Å². The summed E-state index contributed by atoms with van der Waals surface area (Å²) in [6.07, 6.45) is 0.636. The number of amides is 1. The summed E-state index contributed by atoms with van der Waals surface area (Å²) in [5.41, 5.74) is 4.48. The van der Waals surface area contributed by atoms with Crippen LogP contribution in [0, 0.1) is 13.8 Å². The summed E-state index contributed by atoms with van der Waals surface area (Å²) in [5, 5.41) is 3.75. The minimum absolute atomic E-state index is 0.0318. The maximum absolute atomic E-state index is 13.5. The van der Waals surface area contributed by atoms with Crippen LogP contribution in [0.15, 0.2) is 76.7 Å². The van der Waals surface area contributed by atoms with Gasteiger partial charge in [-0.3, -0.25) is 19.0 Å². The molecule has 0 aliphatic rings. The predicted molar refractivity (Wildman–Crippen MR) is 147 cm³/mol. The van der Waals surface area contributed by atoms with E-state index in [2.05, 4.69) is 5.32 Å². The molecule has 4 aromatic rings. The van der Waals surface area contributed by atoms with Gasteiger partial charge in [-0.15, -0.1) is 0 Å². The topological polar surface area (TPSA) is 90.3 Å². The van der Waals surface area contributed by atoms with Crippen molar-refractivity contribution in [1.29, 1.82) is 0 Å². The van der Waals surface area contributed by atoms with Crippen LogP contribution in [0.1, 0.15) is 34.0 Å². The molecule has 1 heterocycles. The molecular formula is C29H29N3O4S. The Morgan fingerprint density at radius 1 is 1.00 bits per heavy atom. The number of hydrogen-bond donors (Lipinski definition) is 1.